The van der Waals surface area contributed by atoms with Crippen LogP contribution in [0.2, 0.25) is 0 Å². The van der Waals surface area contributed by atoms with Crippen molar-refractivity contribution in [2.45, 2.75) is 31.5 Å². The smallest absolute Gasteiger partial charge is 0.309 e. The van der Waals surface area contributed by atoms with Crippen LogP contribution in [0.3, 0.4) is 0 Å². The highest BCUT2D eigenvalue weighted by atomic mass is 19.1. The number of amides is 2. The molecule has 8 nitrogen and oxygen atoms in total. The van der Waals surface area contributed by atoms with Crippen LogP contribution < -0.4 is 16.8 Å². The first kappa shape index (κ1) is 22.0. The van der Waals surface area contributed by atoms with E-state index in [9.17, 15) is 23.2 Å². The second-order valence-corrected chi connectivity index (χ2v) is 6.61. The monoisotopic (exact) mass is 408 g/mol. The summed E-state index contributed by atoms with van der Waals surface area (Å²) < 4.78 is 31.1. The van der Waals surface area contributed by atoms with Gasteiger partial charge in [-0.2, -0.15) is 0 Å². The number of rotatable bonds is 6. The van der Waals surface area contributed by atoms with Gasteiger partial charge in [0.2, 0.25) is 5.91 Å². The molecule has 156 valence electrons. The molecule has 1 aliphatic rings. The molecule has 2 amide bonds. The fourth-order valence-electron chi connectivity index (χ4n) is 2.92. The number of nitrogens with one attached hydrogen (secondary N) is 1. The summed E-state index contributed by atoms with van der Waals surface area (Å²) in [5.41, 5.74) is 10.6. The van der Waals surface area contributed by atoms with Crippen LogP contribution in [0.5, 0.6) is 0 Å². The van der Waals surface area contributed by atoms with Gasteiger partial charge in [-0.05, 0) is 36.8 Å². The summed E-state index contributed by atoms with van der Waals surface area (Å²) >= 11 is 0. The van der Waals surface area contributed by atoms with E-state index in [1.165, 1.54) is 32.3 Å². The van der Waals surface area contributed by atoms with Crippen molar-refractivity contribution in [3.63, 3.8) is 0 Å². The van der Waals surface area contributed by atoms with Crippen LogP contribution in [0.4, 0.5) is 8.78 Å². The highest BCUT2D eigenvalue weighted by Crippen LogP contribution is 2.24. The third kappa shape index (κ3) is 5.38. The quantitative estimate of drug-likeness (QED) is 0.586. The first-order valence-electron chi connectivity index (χ1n) is 8.65. The van der Waals surface area contributed by atoms with Gasteiger partial charge >= 0.3 is 5.97 Å². The lowest BCUT2D eigenvalue weighted by Crippen LogP contribution is -2.63. The van der Waals surface area contributed by atoms with E-state index in [1.807, 2.05) is 0 Å². The molecule has 0 aliphatic carbocycles. The number of halogens is 2. The molecule has 0 aromatic heterocycles. The normalized spacial score (nSPS) is 19.3. The van der Waals surface area contributed by atoms with Gasteiger partial charge < -0.3 is 21.5 Å². The molecule has 1 heterocycles. The summed E-state index contributed by atoms with van der Waals surface area (Å²) in [6.45, 7) is 1.40. The van der Waals surface area contributed by atoms with Gasteiger partial charge in [0.15, 0.2) is 0 Å². The zero-order chi connectivity index (χ0) is 21.8. The summed E-state index contributed by atoms with van der Waals surface area (Å²) in [4.78, 5) is 37.8. The van der Waals surface area contributed by atoms with Crippen LogP contribution in [0, 0.1) is 11.6 Å². The summed E-state index contributed by atoms with van der Waals surface area (Å²) in [6, 6.07) is 1.65. The Labute approximate surface area is 166 Å². The molecule has 29 heavy (non-hydrogen) atoms. The Balaban J connectivity index is 2.12. The van der Waals surface area contributed by atoms with E-state index in [0.717, 1.165) is 17.0 Å². The van der Waals surface area contributed by atoms with E-state index in [0.29, 0.717) is 6.07 Å². The number of esters is 1. The molecule has 0 radical (unpaired) electrons. The Kier molecular flexibility index (Phi) is 6.70. The molecule has 5 N–H and O–H groups in total. The van der Waals surface area contributed by atoms with Crippen molar-refractivity contribution in [2.75, 3.05) is 7.11 Å². The number of hydrogen-bond acceptors (Lipinski definition) is 6. The van der Waals surface area contributed by atoms with Crippen LogP contribution in [-0.4, -0.2) is 41.5 Å². The first-order valence-corrected chi connectivity index (χ1v) is 8.65. The number of hydrogen-bond donors (Lipinski definition) is 3. The van der Waals surface area contributed by atoms with Crippen molar-refractivity contribution in [3.8, 4) is 0 Å². The third-order valence-corrected chi connectivity index (χ3v) is 4.24. The number of carbonyl (C=O) groups is 3. The van der Waals surface area contributed by atoms with Gasteiger partial charge in [0.25, 0.3) is 5.91 Å². The Morgan fingerprint density at radius 1 is 1.24 bits per heavy atom. The summed E-state index contributed by atoms with van der Waals surface area (Å²) in [7, 11) is 1.18. The molecule has 1 unspecified atom stereocenters. The Hall–Kier alpha value is -3.27. The van der Waals surface area contributed by atoms with Crippen molar-refractivity contribution in [3.05, 3.63) is 59.4 Å². The Morgan fingerprint density at radius 2 is 1.86 bits per heavy atom. The Morgan fingerprint density at radius 3 is 2.45 bits per heavy atom. The minimum atomic E-state index is -1.58. The van der Waals surface area contributed by atoms with E-state index in [1.54, 1.807) is 0 Å². The van der Waals surface area contributed by atoms with Gasteiger partial charge in [-0.15, -0.1) is 0 Å². The van der Waals surface area contributed by atoms with Crippen molar-refractivity contribution < 1.29 is 27.9 Å². The van der Waals surface area contributed by atoms with Crippen LogP contribution in [0.15, 0.2) is 42.2 Å². The van der Waals surface area contributed by atoms with Gasteiger partial charge in [0.1, 0.15) is 29.2 Å². The van der Waals surface area contributed by atoms with Crippen molar-refractivity contribution in [1.82, 2.24) is 10.2 Å². The largest absolute Gasteiger partial charge is 0.469 e. The molecule has 0 fully saturated rings. The third-order valence-electron chi connectivity index (χ3n) is 4.24. The van der Waals surface area contributed by atoms with E-state index < -0.39 is 41.1 Å². The zero-order valence-electron chi connectivity index (χ0n) is 15.9. The summed E-state index contributed by atoms with van der Waals surface area (Å²) in [5, 5.41) is 2.44. The molecule has 2 rings (SSSR count). The summed E-state index contributed by atoms with van der Waals surface area (Å²) in [5.74, 6) is -3.61. The van der Waals surface area contributed by atoms with Gasteiger partial charge in [0, 0.05) is 6.07 Å². The highest BCUT2D eigenvalue weighted by Gasteiger charge is 2.41. The number of nitrogens with two attached hydrogens (primary N) is 2. The molecule has 10 heteroatoms. The average Bonchev–Trinajstić information content (AvgIpc) is 2.59. The molecular formula is C19H22F2N4O4. The average molecular weight is 408 g/mol. The first-order chi connectivity index (χ1) is 13.6. The van der Waals surface area contributed by atoms with Gasteiger partial charge in [-0.25, -0.2) is 8.78 Å². The fourth-order valence-corrected chi connectivity index (χ4v) is 2.92. The van der Waals surface area contributed by atoms with Crippen molar-refractivity contribution >= 4 is 17.8 Å². The predicted octanol–water partition coefficient (Wildman–Crippen LogP) is 0.429. The lowest BCUT2D eigenvalue weighted by molar-refractivity contribution is -0.146. The number of nitrogens with zero attached hydrogens (tertiary/aromatic N) is 1. The molecule has 0 saturated carbocycles. The number of ether oxygens (including phenoxy) is 1. The minimum absolute atomic E-state index is 0.0165. The van der Waals surface area contributed by atoms with E-state index in [2.05, 4.69) is 10.1 Å². The van der Waals surface area contributed by atoms with Crippen LogP contribution in [-0.2, 0) is 25.5 Å². The number of methoxy groups -OCH3 is 1. The zero-order valence-corrected chi connectivity index (χ0v) is 15.9. The molecule has 2 atom stereocenters. The molecule has 0 saturated heterocycles. The highest BCUT2D eigenvalue weighted by molar-refractivity contribution is 5.90. The topological polar surface area (TPSA) is 128 Å². The molecule has 1 aromatic rings. The van der Waals surface area contributed by atoms with Gasteiger partial charge in [-0.3, -0.25) is 19.3 Å². The molecule has 0 spiro atoms. The number of benzene rings is 1. The second-order valence-electron chi connectivity index (χ2n) is 6.61. The maximum Gasteiger partial charge on any atom is 0.309 e. The Bertz CT molecular complexity index is 867. The second kappa shape index (κ2) is 8.82. The molecular weight excluding hydrogens is 386 g/mol. The predicted molar refractivity (Wildman–Crippen MR) is 99.5 cm³/mol. The van der Waals surface area contributed by atoms with E-state index in [4.69, 9.17) is 11.5 Å². The SMILES string of the molecule is COC(=O)CC1(N)C=CC=C(N)N1C(=O)[C@H](C)NC(=O)Cc1cc(F)cc(F)c1. The number of allylic oxidation sites excluding steroid dienone is 2. The van der Waals surface area contributed by atoms with Gasteiger partial charge in [0.05, 0.1) is 20.0 Å². The molecule has 1 aliphatic heterocycles. The van der Waals surface area contributed by atoms with Crippen LogP contribution >= 0.6 is 0 Å². The van der Waals surface area contributed by atoms with Crippen molar-refractivity contribution in [2.24, 2.45) is 11.5 Å². The maximum atomic E-state index is 13.3. The molecule has 1 aromatic carbocycles. The van der Waals surface area contributed by atoms with Crippen LogP contribution in [0.25, 0.3) is 0 Å². The summed E-state index contributed by atoms with van der Waals surface area (Å²) in [6.07, 6.45) is 3.65. The lowest BCUT2D eigenvalue weighted by atomic mass is 10.00. The molecule has 0 bridgehead atoms. The maximum absolute atomic E-state index is 13.3. The number of carbonyl (C=O) groups excluding carboxylic acids is 3. The van der Waals surface area contributed by atoms with Gasteiger partial charge in [-0.1, -0.05) is 6.08 Å². The lowest BCUT2D eigenvalue weighted by Gasteiger charge is -2.41. The van der Waals surface area contributed by atoms with E-state index >= 15 is 0 Å². The standard InChI is InChI=1S/C19H22F2N4O4/c1-11(24-16(26)8-12-6-13(20)9-14(21)7-12)18(28)25-15(22)4-3-5-19(25,23)10-17(27)29-2/h3-7,9,11H,8,10,22-23H2,1-2H3,(H,24,26)/t11-,19?/m0/s1. The van der Waals surface area contributed by atoms with E-state index in [-0.39, 0.29) is 24.2 Å². The van der Waals surface area contributed by atoms with Crippen molar-refractivity contribution in [1.29, 1.82) is 0 Å². The fraction of sp³-hybridized carbons (Fsp3) is 0.316. The minimum Gasteiger partial charge on any atom is -0.469 e. The van der Waals surface area contributed by atoms with Crippen LogP contribution in [0.1, 0.15) is 18.9 Å².